The molecule has 6 nitrogen and oxygen atoms in total. The molecule has 0 spiro atoms. The molecule has 0 saturated heterocycles. The lowest BCUT2D eigenvalue weighted by Gasteiger charge is -2.20. The third-order valence-electron chi connectivity index (χ3n) is 4.98. The van der Waals surface area contributed by atoms with Crippen molar-refractivity contribution in [3.05, 3.63) is 70.9 Å². The number of fused-ring (bicyclic) bond motifs is 1. The molecule has 0 bridgehead atoms. The SMILES string of the molecule is CCCn1cc(C=NNC(=O)C(NC(=O)c2cccc(Cl)c2)C(C)C)c2ccccc21. The summed E-state index contributed by atoms with van der Waals surface area (Å²) in [5.74, 6) is -0.855. The van der Waals surface area contributed by atoms with Crippen molar-refractivity contribution in [1.82, 2.24) is 15.3 Å². The lowest BCUT2D eigenvalue weighted by molar-refractivity contribution is -0.123. The second-order valence-electron chi connectivity index (χ2n) is 7.73. The average Bonchev–Trinajstić information content (AvgIpc) is 3.09. The summed E-state index contributed by atoms with van der Waals surface area (Å²) in [6.45, 7) is 6.77. The number of halogens is 1. The molecule has 7 heteroatoms. The molecule has 3 aromatic rings. The number of amides is 2. The standard InChI is InChI=1S/C24H27ClN4O2/c1-4-12-29-15-18(20-10-5-6-11-21(20)29)14-26-28-24(31)22(16(2)3)27-23(30)17-8-7-9-19(25)13-17/h5-11,13-16,22H,4,12H2,1-3H3,(H,27,30)(H,28,31). The Morgan fingerprint density at radius 2 is 1.94 bits per heavy atom. The number of hydrazone groups is 1. The third kappa shape index (κ3) is 5.52. The molecule has 162 valence electrons. The van der Waals surface area contributed by atoms with Gasteiger partial charge in [-0.05, 0) is 36.6 Å². The van der Waals surface area contributed by atoms with Gasteiger partial charge in [0.25, 0.3) is 11.8 Å². The van der Waals surface area contributed by atoms with Crippen molar-refractivity contribution >= 4 is 40.5 Å². The molecule has 3 rings (SSSR count). The molecule has 0 aliphatic carbocycles. The number of hydrogen-bond acceptors (Lipinski definition) is 3. The van der Waals surface area contributed by atoms with Crippen molar-refractivity contribution in [3.8, 4) is 0 Å². The Morgan fingerprint density at radius 3 is 2.65 bits per heavy atom. The van der Waals surface area contributed by atoms with E-state index in [1.54, 1.807) is 30.5 Å². The maximum atomic E-state index is 12.7. The molecule has 2 amide bonds. The van der Waals surface area contributed by atoms with Crippen molar-refractivity contribution in [2.75, 3.05) is 0 Å². The van der Waals surface area contributed by atoms with Crippen LogP contribution >= 0.6 is 11.6 Å². The Balaban J connectivity index is 1.71. The molecular formula is C24H27ClN4O2. The first-order chi connectivity index (χ1) is 14.9. The van der Waals surface area contributed by atoms with E-state index in [1.165, 1.54) is 0 Å². The normalized spacial score (nSPS) is 12.4. The summed E-state index contributed by atoms with van der Waals surface area (Å²) in [5, 5.41) is 8.46. The molecule has 1 heterocycles. The fraction of sp³-hybridized carbons (Fsp3) is 0.292. The number of nitrogens with zero attached hydrogens (tertiary/aromatic N) is 2. The maximum absolute atomic E-state index is 12.7. The van der Waals surface area contributed by atoms with E-state index >= 15 is 0 Å². The minimum Gasteiger partial charge on any atom is -0.347 e. The van der Waals surface area contributed by atoms with Crippen LogP contribution in [0, 0.1) is 5.92 Å². The number of benzene rings is 2. The highest BCUT2D eigenvalue weighted by molar-refractivity contribution is 6.31. The quantitative estimate of drug-likeness (QED) is 0.398. The number of hydrogen-bond donors (Lipinski definition) is 2. The van der Waals surface area contributed by atoms with E-state index in [9.17, 15) is 9.59 Å². The summed E-state index contributed by atoms with van der Waals surface area (Å²) < 4.78 is 2.18. The summed E-state index contributed by atoms with van der Waals surface area (Å²) in [4.78, 5) is 25.2. The van der Waals surface area contributed by atoms with E-state index in [4.69, 9.17) is 11.6 Å². The summed E-state index contributed by atoms with van der Waals surface area (Å²) in [6, 6.07) is 14.0. The van der Waals surface area contributed by atoms with E-state index in [0.29, 0.717) is 10.6 Å². The molecular weight excluding hydrogens is 412 g/mol. The van der Waals surface area contributed by atoms with Gasteiger partial charge < -0.3 is 9.88 Å². The number of aromatic nitrogens is 1. The summed E-state index contributed by atoms with van der Waals surface area (Å²) >= 11 is 5.96. The van der Waals surface area contributed by atoms with Crippen LogP contribution in [0.5, 0.6) is 0 Å². The van der Waals surface area contributed by atoms with Gasteiger partial charge in [-0.15, -0.1) is 0 Å². The number of rotatable bonds is 8. The zero-order valence-corrected chi connectivity index (χ0v) is 18.7. The second kappa shape index (κ2) is 10.3. The first kappa shape index (κ1) is 22.6. The molecule has 1 unspecified atom stereocenters. The van der Waals surface area contributed by atoms with E-state index in [2.05, 4.69) is 33.4 Å². The number of nitrogens with one attached hydrogen (secondary N) is 2. The maximum Gasteiger partial charge on any atom is 0.262 e. The Bertz CT molecular complexity index is 1100. The molecule has 1 aromatic heterocycles. The molecule has 1 atom stereocenters. The zero-order valence-electron chi connectivity index (χ0n) is 17.9. The molecule has 2 aromatic carbocycles. The van der Waals surface area contributed by atoms with Crippen LogP contribution in [0.2, 0.25) is 5.02 Å². The van der Waals surface area contributed by atoms with Gasteiger partial charge in [-0.1, -0.05) is 56.6 Å². The number of carbonyl (C=O) groups is 2. The Morgan fingerprint density at radius 1 is 1.16 bits per heavy atom. The van der Waals surface area contributed by atoms with Crippen LogP contribution in [0.4, 0.5) is 0 Å². The van der Waals surface area contributed by atoms with Crippen molar-refractivity contribution in [2.45, 2.75) is 39.8 Å². The number of carbonyl (C=O) groups excluding carboxylic acids is 2. The van der Waals surface area contributed by atoms with Crippen LogP contribution in [-0.2, 0) is 11.3 Å². The summed E-state index contributed by atoms with van der Waals surface area (Å²) in [7, 11) is 0. The van der Waals surface area contributed by atoms with Gasteiger partial charge in [0.2, 0.25) is 0 Å². The molecule has 0 aliphatic heterocycles. The highest BCUT2D eigenvalue weighted by atomic mass is 35.5. The average molecular weight is 439 g/mol. The highest BCUT2D eigenvalue weighted by Gasteiger charge is 2.24. The Hall–Kier alpha value is -3.12. The largest absolute Gasteiger partial charge is 0.347 e. The minimum atomic E-state index is -0.731. The van der Waals surface area contributed by atoms with Gasteiger partial charge >= 0.3 is 0 Å². The van der Waals surface area contributed by atoms with Crippen LogP contribution in [-0.4, -0.2) is 28.6 Å². The van der Waals surface area contributed by atoms with E-state index in [-0.39, 0.29) is 17.7 Å². The van der Waals surface area contributed by atoms with Gasteiger partial charge in [-0.25, -0.2) is 5.43 Å². The van der Waals surface area contributed by atoms with Gasteiger partial charge in [-0.2, -0.15) is 5.10 Å². The summed E-state index contributed by atoms with van der Waals surface area (Å²) in [5.41, 5.74) is 5.02. The summed E-state index contributed by atoms with van der Waals surface area (Å²) in [6.07, 6.45) is 4.70. The number of para-hydroxylation sites is 1. The molecule has 0 fully saturated rings. The van der Waals surface area contributed by atoms with Gasteiger partial charge in [0, 0.05) is 39.8 Å². The van der Waals surface area contributed by atoms with E-state index < -0.39 is 6.04 Å². The Kier molecular flexibility index (Phi) is 7.47. The fourth-order valence-corrected chi connectivity index (χ4v) is 3.62. The van der Waals surface area contributed by atoms with Gasteiger partial charge in [-0.3, -0.25) is 9.59 Å². The molecule has 2 N–H and O–H groups in total. The van der Waals surface area contributed by atoms with E-state index in [1.807, 2.05) is 38.2 Å². The van der Waals surface area contributed by atoms with E-state index in [0.717, 1.165) is 29.4 Å². The predicted octanol–water partition coefficient (Wildman–Crippen LogP) is 4.61. The van der Waals surface area contributed by atoms with Crippen LogP contribution in [0.3, 0.4) is 0 Å². The van der Waals surface area contributed by atoms with Crippen molar-refractivity contribution in [3.63, 3.8) is 0 Å². The molecule has 0 radical (unpaired) electrons. The monoisotopic (exact) mass is 438 g/mol. The van der Waals surface area contributed by atoms with Crippen molar-refractivity contribution in [2.24, 2.45) is 11.0 Å². The van der Waals surface area contributed by atoms with Gasteiger partial charge in [0.15, 0.2) is 0 Å². The minimum absolute atomic E-state index is 0.121. The number of aryl methyl sites for hydroxylation is 1. The van der Waals surface area contributed by atoms with Gasteiger partial charge in [0.1, 0.15) is 6.04 Å². The molecule has 31 heavy (non-hydrogen) atoms. The smallest absolute Gasteiger partial charge is 0.262 e. The van der Waals surface area contributed by atoms with Crippen LogP contribution < -0.4 is 10.7 Å². The fourth-order valence-electron chi connectivity index (χ4n) is 3.43. The van der Waals surface area contributed by atoms with Crippen molar-refractivity contribution < 1.29 is 9.59 Å². The lowest BCUT2D eigenvalue weighted by atomic mass is 10.0. The van der Waals surface area contributed by atoms with Gasteiger partial charge in [0.05, 0.1) is 6.21 Å². The molecule has 0 aliphatic rings. The van der Waals surface area contributed by atoms with Crippen molar-refractivity contribution in [1.29, 1.82) is 0 Å². The topological polar surface area (TPSA) is 75.5 Å². The third-order valence-corrected chi connectivity index (χ3v) is 5.22. The highest BCUT2D eigenvalue weighted by Crippen LogP contribution is 2.20. The Labute approximate surface area is 187 Å². The zero-order chi connectivity index (χ0) is 22.4. The lowest BCUT2D eigenvalue weighted by Crippen LogP contribution is -2.48. The second-order valence-corrected chi connectivity index (χ2v) is 8.17. The van der Waals surface area contributed by atoms with Crippen LogP contribution in [0.25, 0.3) is 10.9 Å². The predicted molar refractivity (Wildman–Crippen MR) is 126 cm³/mol. The van der Waals surface area contributed by atoms with Crippen LogP contribution in [0.1, 0.15) is 43.1 Å². The first-order valence-electron chi connectivity index (χ1n) is 10.4. The van der Waals surface area contributed by atoms with Crippen LogP contribution in [0.15, 0.2) is 59.8 Å². The molecule has 0 saturated carbocycles. The first-order valence-corrected chi connectivity index (χ1v) is 10.8.